The van der Waals surface area contributed by atoms with Crippen molar-refractivity contribution in [3.05, 3.63) is 12.4 Å². The lowest BCUT2D eigenvalue weighted by molar-refractivity contribution is -0.129. The normalized spacial score (nSPS) is 31.2. The van der Waals surface area contributed by atoms with Crippen molar-refractivity contribution in [3.63, 3.8) is 0 Å². The molecule has 2 heterocycles. The number of aryl methyl sites for hydroxylation is 1. The van der Waals surface area contributed by atoms with Gasteiger partial charge in [0.2, 0.25) is 11.8 Å². The molecule has 0 unspecified atom stereocenters. The number of amides is 2. The van der Waals surface area contributed by atoms with Gasteiger partial charge >= 0.3 is 0 Å². The highest BCUT2D eigenvalue weighted by molar-refractivity contribution is 5.92. The quantitative estimate of drug-likeness (QED) is 0.690. The van der Waals surface area contributed by atoms with Gasteiger partial charge in [0.25, 0.3) is 0 Å². The van der Waals surface area contributed by atoms with E-state index >= 15 is 0 Å². The zero-order chi connectivity index (χ0) is 19.0. The maximum Gasteiger partial charge on any atom is 0.238 e. The smallest absolute Gasteiger partial charge is 0.238 e. The lowest BCUT2D eigenvalue weighted by Crippen LogP contribution is -2.51. The number of carbonyl (C=O) groups is 2. The average molecular weight is 375 g/mol. The summed E-state index contributed by atoms with van der Waals surface area (Å²) >= 11 is 0. The summed E-state index contributed by atoms with van der Waals surface area (Å²) in [6.45, 7) is 2.01. The van der Waals surface area contributed by atoms with Gasteiger partial charge in [0, 0.05) is 32.3 Å². The number of hydrogen-bond donors (Lipinski definition) is 3. The van der Waals surface area contributed by atoms with E-state index in [4.69, 9.17) is 0 Å². The number of nitrogens with one attached hydrogen (secondary N) is 2. The molecular formula is C19H29N5O3. The van der Waals surface area contributed by atoms with Crippen molar-refractivity contribution in [2.75, 3.05) is 25.0 Å². The van der Waals surface area contributed by atoms with Crippen molar-refractivity contribution in [3.8, 4) is 0 Å². The summed E-state index contributed by atoms with van der Waals surface area (Å²) < 4.78 is 1.65. The van der Waals surface area contributed by atoms with Crippen LogP contribution in [-0.4, -0.2) is 63.4 Å². The third-order valence-corrected chi connectivity index (χ3v) is 6.38. The molecule has 1 aliphatic heterocycles. The molecule has 2 aliphatic carbocycles. The summed E-state index contributed by atoms with van der Waals surface area (Å²) in [5.74, 6) is 1.02. The van der Waals surface area contributed by atoms with Crippen LogP contribution < -0.4 is 10.6 Å². The fourth-order valence-electron chi connectivity index (χ4n) is 4.67. The minimum Gasteiger partial charge on any atom is -0.391 e. The number of likely N-dealkylation sites (tertiary alicyclic amines) is 1. The highest BCUT2D eigenvalue weighted by Crippen LogP contribution is 2.37. The van der Waals surface area contributed by atoms with E-state index in [1.54, 1.807) is 17.1 Å². The number of hydrogen-bond acceptors (Lipinski definition) is 5. The molecule has 0 aromatic carbocycles. The molecule has 4 atom stereocenters. The van der Waals surface area contributed by atoms with Gasteiger partial charge < -0.3 is 15.7 Å². The van der Waals surface area contributed by atoms with E-state index in [1.165, 1.54) is 0 Å². The van der Waals surface area contributed by atoms with Gasteiger partial charge in [0.1, 0.15) is 0 Å². The van der Waals surface area contributed by atoms with Gasteiger partial charge in [-0.2, -0.15) is 5.10 Å². The Morgan fingerprint density at radius 2 is 2.00 bits per heavy atom. The van der Waals surface area contributed by atoms with E-state index in [9.17, 15) is 14.7 Å². The van der Waals surface area contributed by atoms with Crippen LogP contribution in [0.4, 0.5) is 5.69 Å². The fourth-order valence-corrected chi connectivity index (χ4v) is 4.67. The van der Waals surface area contributed by atoms with Crippen LogP contribution in [0.2, 0.25) is 0 Å². The van der Waals surface area contributed by atoms with Gasteiger partial charge in [0.05, 0.1) is 30.6 Å². The summed E-state index contributed by atoms with van der Waals surface area (Å²) in [6.07, 6.45) is 7.49. The molecule has 4 rings (SSSR count). The van der Waals surface area contributed by atoms with Gasteiger partial charge in [-0.25, -0.2) is 0 Å². The molecule has 0 radical (unpaired) electrons. The Morgan fingerprint density at radius 1 is 1.26 bits per heavy atom. The lowest BCUT2D eigenvalue weighted by atomic mass is 9.77. The Morgan fingerprint density at radius 3 is 2.63 bits per heavy atom. The van der Waals surface area contributed by atoms with Crippen LogP contribution in [0.3, 0.4) is 0 Å². The molecule has 8 nitrogen and oxygen atoms in total. The Hall–Kier alpha value is -1.93. The zero-order valence-electron chi connectivity index (χ0n) is 15.8. The predicted octanol–water partition coefficient (Wildman–Crippen LogP) is 0.346. The third-order valence-electron chi connectivity index (χ3n) is 6.38. The second kappa shape index (κ2) is 7.59. The Labute approximate surface area is 159 Å². The van der Waals surface area contributed by atoms with Gasteiger partial charge in [-0.3, -0.25) is 19.2 Å². The summed E-state index contributed by atoms with van der Waals surface area (Å²) in [4.78, 5) is 26.7. The largest absolute Gasteiger partial charge is 0.391 e. The first kappa shape index (κ1) is 18.4. The molecule has 148 valence electrons. The summed E-state index contributed by atoms with van der Waals surface area (Å²) in [7, 11) is 1.81. The molecule has 3 aliphatic rings. The lowest BCUT2D eigenvalue weighted by Gasteiger charge is -2.37. The molecule has 27 heavy (non-hydrogen) atoms. The van der Waals surface area contributed by atoms with Crippen molar-refractivity contribution in [2.45, 2.75) is 44.2 Å². The van der Waals surface area contributed by atoms with Crippen LogP contribution in [0, 0.1) is 17.8 Å². The average Bonchev–Trinajstić information content (AvgIpc) is 3.11. The highest BCUT2D eigenvalue weighted by atomic mass is 16.3. The van der Waals surface area contributed by atoms with E-state index in [2.05, 4.69) is 20.6 Å². The molecular weight excluding hydrogens is 346 g/mol. The second-order valence-corrected chi connectivity index (χ2v) is 8.45. The maximum absolute atomic E-state index is 12.3. The first-order valence-electron chi connectivity index (χ1n) is 9.97. The SMILES string of the molecule is Cn1cc(NC(=O)CN2C[C@H]3C[C@H](O)[C@@H](NC(=O)C4CCC4)C[C@H]3C2)cn1. The molecule has 8 heteroatoms. The number of fused-ring (bicyclic) bond motifs is 1. The van der Waals surface area contributed by atoms with E-state index in [-0.39, 0.29) is 23.8 Å². The van der Waals surface area contributed by atoms with E-state index in [0.29, 0.717) is 30.5 Å². The van der Waals surface area contributed by atoms with Gasteiger partial charge in [-0.1, -0.05) is 6.42 Å². The van der Waals surface area contributed by atoms with E-state index in [0.717, 1.165) is 38.8 Å². The van der Waals surface area contributed by atoms with Gasteiger partial charge in [0.15, 0.2) is 0 Å². The molecule has 0 bridgehead atoms. The van der Waals surface area contributed by atoms with Gasteiger partial charge in [-0.05, 0) is 37.5 Å². The summed E-state index contributed by atoms with van der Waals surface area (Å²) in [5.41, 5.74) is 0.702. The number of rotatable bonds is 5. The molecule has 0 spiro atoms. The number of aromatic nitrogens is 2. The van der Waals surface area contributed by atoms with Crippen molar-refractivity contribution in [2.24, 2.45) is 24.8 Å². The topological polar surface area (TPSA) is 99.5 Å². The van der Waals surface area contributed by atoms with Crippen LogP contribution in [0.25, 0.3) is 0 Å². The number of anilines is 1. The van der Waals surface area contributed by atoms with Crippen molar-refractivity contribution in [1.29, 1.82) is 0 Å². The van der Waals surface area contributed by atoms with Crippen molar-refractivity contribution >= 4 is 17.5 Å². The molecule has 1 aromatic rings. The second-order valence-electron chi connectivity index (χ2n) is 8.45. The van der Waals surface area contributed by atoms with Crippen molar-refractivity contribution < 1.29 is 14.7 Å². The van der Waals surface area contributed by atoms with Crippen LogP contribution >= 0.6 is 0 Å². The number of aliphatic hydroxyl groups excluding tert-OH is 1. The Bertz CT molecular complexity index is 701. The first-order chi connectivity index (χ1) is 13.0. The molecule has 1 aromatic heterocycles. The standard InChI is InChI=1S/C19H29N5O3/c1-23-10-15(7-20-23)21-18(26)11-24-8-13-5-16(17(25)6-14(13)9-24)22-19(27)12-3-2-4-12/h7,10,12-14,16-17,25H,2-6,8-9,11H2,1H3,(H,21,26)(H,22,27)/t13-,14+,16-,17-/m0/s1. The predicted molar refractivity (Wildman–Crippen MR) is 99.8 cm³/mol. The molecule has 1 saturated heterocycles. The summed E-state index contributed by atoms with van der Waals surface area (Å²) in [5, 5.41) is 20.5. The monoisotopic (exact) mass is 375 g/mol. The minimum absolute atomic E-state index is 0.0444. The molecule has 2 amide bonds. The zero-order valence-corrected chi connectivity index (χ0v) is 15.8. The maximum atomic E-state index is 12.3. The molecule has 2 saturated carbocycles. The van der Waals surface area contributed by atoms with E-state index in [1.807, 2.05) is 7.05 Å². The fraction of sp³-hybridized carbons (Fsp3) is 0.737. The van der Waals surface area contributed by atoms with Crippen molar-refractivity contribution in [1.82, 2.24) is 20.0 Å². The van der Waals surface area contributed by atoms with Crippen LogP contribution in [0.1, 0.15) is 32.1 Å². The van der Waals surface area contributed by atoms with E-state index < -0.39 is 6.10 Å². The van der Waals surface area contributed by atoms with Crippen LogP contribution in [0.5, 0.6) is 0 Å². The number of nitrogens with zero attached hydrogens (tertiary/aromatic N) is 3. The van der Waals surface area contributed by atoms with Crippen LogP contribution in [-0.2, 0) is 16.6 Å². The van der Waals surface area contributed by atoms with Gasteiger partial charge in [-0.15, -0.1) is 0 Å². The Balaban J connectivity index is 1.27. The number of aliphatic hydroxyl groups is 1. The minimum atomic E-state index is -0.487. The third kappa shape index (κ3) is 4.16. The first-order valence-corrected chi connectivity index (χ1v) is 9.97. The Kier molecular flexibility index (Phi) is 5.19. The molecule has 3 fully saturated rings. The summed E-state index contributed by atoms with van der Waals surface area (Å²) in [6, 6.07) is -0.150. The molecule has 3 N–H and O–H groups in total. The number of carbonyl (C=O) groups excluding carboxylic acids is 2. The van der Waals surface area contributed by atoms with Crippen LogP contribution in [0.15, 0.2) is 12.4 Å². The highest BCUT2D eigenvalue weighted by Gasteiger charge is 2.43.